The molecule has 0 aromatic heterocycles. The molecule has 0 spiro atoms. The van der Waals surface area contributed by atoms with Gasteiger partial charge in [0.05, 0.1) is 0 Å². The van der Waals surface area contributed by atoms with E-state index < -0.39 is 12.5 Å². The lowest BCUT2D eigenvalue weighted by molar-refractivity contribution is -0.0844. The molecule has 0 amide bonds. The molecule has 170 valence electrons. The summed E-state index contributed by atoms with van der Waals surface area (Å²) in [6.07, 6.45) is 25.2. The molecular weight excluding hydrogens is 346 g/mol. The summed E-state index contributed by atoms with van der Waals surface area (Å²) in [7, 11) is 0. The van der Waals surface area contributed by atoms with E-state index in [0.717, 1.165) is 13.0 Å². The van der Waals surface area contributed by atoms with Crippen LogP contribution in [-0.4, -0.2) is 34.1 Å². The summed E-state index contributed by atoms with van der Waals surface area (Å²) in [6.45, 7) is 6.52. The van der Waals surface area contributed by atoms with E-state index in [0.29, 0.717) is 0 Å². The predicted molar refractivity (Wildman–Crippen MR) is 123 cm³/mol. The molecule has 0 radical (unpaired) electrons. The molecule has 2 atom stereocenters. The number of aliphatic hydroxyl groups is 2. The predicted octanol–water partition coefficient (Wildman–Crippen LogP) is 7.40. The molecule has 0 saturated carbocycles. The second-order valence-electron chi connectivity index (χ2n) is 8.87. The van der Waals surface area contributed by atoms with E-state index in [2.05, 4.69) is 6.92 Å². The van der Waals surface area contributed by atoms with Crippen LogP contribution >= 0.6 is 0 Å². The molecule has 28 heavy (non-hydrogen) atoms. The number of hydrogen-bond acceptors (Lipinski definition) is 3. The molecule has 0 aliphatic heterocycles. The summed E-state index contributed by atoms with van der Waals surface area (Å²) in [6, 6.07) is 0. The molecule has 0 rings (SSSR count). The van der Waals surface area contributed by atoms with Crippen molar-refractivity contribution in [1.29, 1.82) is 0 Å². The van der Waals surface area contributed by atoms with Crippen LogP contribution < -0.4 is 0 Å². The van der Waals surface area contributed by atoms with Crippen LogP contribution in [0.3, 0.4) is 0 Å². The van der Waals surface area contributed by atoms with Gasteiger partial charge in [-0.25, -0.2) is 0 Å². The minimum Gasteiger partial charge on any atom is -0.379 e. The molecule has 3 nitrogen and oxygen atoms in total. The van der Waals surface area contributed by atoms with Gasteiger partial charge in [0, 0.05) is 6.54 Å². The normalized spacial score (nSPS) is 13.9. The van der Waals surface area contributed by atoms with Crippen molar-refractivity contribution >= 4 is 0 Å². The number of rotatable bonds is 22. The van der Waals surface area contributed by atoms with E-state index >= 15 is 0 Å². The van der Waals surface area contributed by atoms with Crippen molar-refractivity contribution in [3.63, 3.8) is 0 Å². The lowest BCUT2D eigenvalue weighted by atomic mass is 10.0. The van der Waals surface area contributed by atoms with E-state index in [1.165, 1.54) is 116 Å². The van der Waals surface area contributed by atoms with Crippen molar-refractivity contribution in [2.45, 2.75) is 155 Å². The fourth-order valence-corrected chi connectivity index (χ4v) is 4.06. The van der Waals surface area contributed by atoms with E-state index in [1.807, 2.05) is 0 Å². The summed E-state index contributed by atoms with van der Waals surface area (Å²) in [5, 5.41) is 19.2. The maximum Gasteiger partial charge on any atom is 0.106 e. The Kier molecular flexibility index (Phi) is 21.5. The Hall–Kier alpha value is -0.120. The van der Waals surface area contributed by atoms with Gasteiger partial charge < -0.3 is 10.2 Å². The zero-order chi connectivity index (χ0) is 20.9. The first-order chi connectivity index (χ1) is 13.6. The monoisotopic (exact) mass is 399 g/mol. The number of aliphatic hydroxyl groups excluding tert-OH is 2. The molecule has 0 saturated heterocycles. The maximum absolute atomic E-state index is 9.60. The Morgan fingerprint density at radius 2 is 0.714 bits per heavy atom. The first kappa shape index (κ1) is 27.9. The van der Waals surface area contributed by atoms with Crippen molar-refractivity contribution in [2.75, 3.05) is 6.54 Å². The highest BCUT2D eigenvalue weighted by molar-refractivity contribution is 4.59. The van der Waals surface area contributed by atoms with Crippen molar-refractivity contribution in [2.24, 2.45) is 0 Å². The molecule has 3 heteroatoms. The van der Waals surface area contributed by atoms with Gasteiger partial charge in [-0.2, -0.15) is 0 Å². The summed E-state index contributed by atoms with van der Waals surface area (Å²) in [5.74, 6) is 0. The van der Waals surface area contributed by atoms with Gasteiger partial charge in [-0.05, 0) is 20.3 Å². The molecule has 0 aromatic carbocycles. The summed E-state index contributed by atoms with van der Waals surface area (Å²) >= 11 is 0. The van der Waals surface area contributed by atoms with Gasteiger partial charge in [0.15, 0.2) is 0 Å². The van der Waals surface area contributed by atoms with E-state index in [1.54, 1.807) is 18.7 Å². The smallest absolute Gasteiger partial charge is 0.106 e. The molecule has 0 aliphatic carbocycles. The fraction of sp³-hybridized carbons (Fsp3) is 1.00. The number of nitrogens with zero attached hydrogens (tertiary/aromatic N) is 1. The van der Waals surface area contributed by atoms with Crippen LogP contribution in [0.4, 0.5) is 0 Å². The van der Waals surface area contributed by atoms with Crippen molar-refractivity contribution in [3.8, 4) is 0 Å². The molecular formula is C25H53NO2. The summed E-state index contributed by atoms with van der Waals surface area (Å²) in [5.41, 5.74) is 0. The van der Waals surface area contributed by atoms with Gasteiger partial charge in [-0.15, -0.1) is 0 Å². The molecule has 2 N–H and O–H groups in total. The molecule has 2 unspecified atom stereocenters. The van der Waals surface area contributed by atoms with Crippen LogP contribution in [0.2, 0.25) is 0 Å². The van der Waals surface area contributed by atoms with Crippen molar-refractivity contribution in [3.05, 3.63) is 0 Å². The second-order valence-corrected chi connectivity index (χ2v) is 8.87. The minimum atomic E-state index is -0.560. The Morgan fingerprint density at radius 3 is 0.964 bits per heavy atom. The highest BCUT2D eigenvalue weighted by Crippen LogP contribution is 2.15. The summed E-state index contributed by atoms with van der Waals surface area (Å²) < 4.78 is 0. The highest BCUT2D eigenvalue weighted by atomic mass is 16.3. The third-order valence-electron chi connectivity index (χ3n) is 5.98. The largest absolute Gasteiger partial charge is 0.379 e. The Balaban J connectivity index is 3.16. The Bertz CT molecular complexity index is 286. The van der Waals surface area contributed by atoms with Gasteiger partial charge in [-0.1, -0.05) is 122 Å². The third kappa shape index (κ3) is 19.2. The zero-order valence-electron chi connectivity index (χ0n) is 19.6. The Morgan fingerprint density at radius 1 is 0.464 bits per heavy atom. The Labute approximate surface area is 177 Å². The van der Waals surface area contributed by atoms with Gasteiger partial charge in [0.1, 0.15) is 12.5 Å². The quantitative estimate of drug-likeness (QED) is 0.147. The second kappa shape index (κ2) is 21.6. The first-order valence-corrected chi connectivity index (χ1v) is 12.7. The van der Waals surface area contributed by atoms with Gasteiger partial charge in [0.25, 0.3) is 0 Å². The van der Waals surface area contributed by atoms with Crippen molar-refractivity contribution < 1.29 is 10.2 Å². The SMILES string of the molecule is CCCCCCCCCCCCCCCCCCCCCN(C(C)O)C(C)O. The number of unbranched alkanes of at least 4 members (excludes halogenated alkanes) is 18. The standard InChI is InChI=1S/C25H53NO2/c1-4-5-6-7-8-9-10-11-12-13-14-15-16-17-18-19-20-21-22-23-26(24(2)27)25(3)28/h24-25,27-28H,4-23H2,1-3H3. The van der Waals surface area contributed by atoms with E-state index in [9.17, 15) is 10.2 Å². The molecule has 0 bridgehead atoms. The first-order valence-electron chi connectivity index (χ1n) is 12.7. The average molecular weight is 400 g/mol. The third-order valence-corrected chi connectivity index (χ3v) is 5.98. The molecule has 0 aliphatic rings. The topological polar surface area (TPSA) is 43.7 Å². The van der Waals surface area contributed by atoms with E-state index in [4.69, 9.17) is 0 Å². The lowest BCUT2D eigenvalue weighted by Crippen LogP contribution is -2.40. The molecule has 0 fully saturated rings. The van der Waals surface area contributed by atoms with E-state index in [-0.39, 0.29) is 0 Å². The minimum absolute atomic E-state index is 0.560. The van der Waals surface area contributed by atoms with Gasteiger partial charge >= 0.3 is 0 Å². The average Bonchev–Trinajstić information content (AvgIpc) is 2.65. The van der Waals surface area contributed by atoms with Crippen molar-refractivity contribution in [1.82, 2.24) is 4.90 Å². The van der Waals surface area contributed by atoms with Gasteiger partial charge in [0.2, 0.25) is 0 Å². The van der Waals surface area contributed by atoms with Gasteiger partial charge in [-0.3, -0.25) is 4.90 Å². The van der Waals surface area contributed by atoms with Crippen LogP contribution in [0.1, 0.15) is 143 Å². The maximum atomic E-state index is 9.60. The van der Waals surface area contributed by atoms with Crippen LogP contribution in [0.5, 0.6) is 0 Å². The lowest BCUT2D eigenvalue weighted by Gasteiger charge is -2.27. The van der Waals surface area contributed by atoms with Crippen LogP contribution in [0, 0.1) is 0 Å². The molecule has 0 heterocycles. The van der Waals surface area contributed by atoms with Crippen LogP contribution in [0.25, 0.3) is 0 Å². The zero-order valence-corrected chi connectivity index (χ0v) is 19.6. The molecule has 0 aromatic rings. The highest BCUT2D eigenvalue weighted by Gasteiger charge is 2.14. The summed E-state index contributed by atoms with van der Waals surface area (Å²) in [4.78, 5) is 1.74. The number of hydrogen-bond donors (Lipinski definition) is 2. The van der Waals surface area contributed by atoms with Crippen LogP contribution in [-0.2, 0) is 0 Å². The fourth-order valence-electron chi connectivity index (χ4n) is 4.06. The van der Waals surface area contributed by atoms with Crippen LogP contribution in [0.15, 0.2) is 0 Å².